The Labute approximate surface area is 190 Å². The molecule has 0 amide bonds. The van der Waals surface area contributed by atoms with E-state index in [4.69, 9.17) is 9.72 Å². The fraction of sp³-hybridized carbons (Fsp3) is 0.348. The van der Waals surface area contributed by atoms with E-state index < -0.39 is 0 Å². The quantitative estimate of drug-likeness (QED) is 0.455. The van der Waals surface area contributed by atoms with E-state index in [0.29, 0.717) is 11.8 Å². The largest absolute Gasteiger partial charge is 0.496 e. The number of hydrogen-bond donors (Lipinski definition) is 2. The number of hydrogen-bond acceptors (Lipinski definition) is 8. The number of aliphatic hydroxyl groups excluding tert-OH is 1. The average Bonchev–Trinajstić information content (AvgIpc) is 3.55. The van der Waals surface area contributed by atoms with Gasteiger partial charge in [0.25, 0.3) is 0 Å². The molecule has 1 fully saturated rings. The maximum Gasteiger partial charge on any atom is 0.231 e. The summed E-state index contributed by atoms with van der Waals surface area (Å²) >= 11 is 1.63. The standard InChI is InChI=1S/C23H26N6O2S/c1-14-9-17(10-19(31-3)15(14)2)28-11-20(24-13-28)26-23-25-18-6-8-32-21(18)22(27-23)29-7-4-5-16(29)12-30/h6,8-11,13,16,30H,4-5,7,12H2,1-3H3,(H,25,26,27)/t16-/m0/s1. The molecule has 4 heterocycles. The lowest BCUT2D eigenvalue weighted by Gasteiger charge is -2.24. The lowest BCUT2D eigenvalue weighted by atomic mass is 10.1. The van der Waals surface area contributed by atoms with Crippen LogP contribution in [0, 0.1) is 13.8 Å². The molecule has 1 aromatic carbocycles. The van der Waals surface area contributed by atoms with Crippen molar-refractivity contribution in [2.75, 3.05) is 30.5 Å². The summed E-state index contributed by atoms with van der Waals surface area (Å²) in [5, 5.41) is 15.1. The monoisotopic (exact) mass is 450 g/mol. The van der Waals surface area contributed by atoms with Gasteiger partial charge in [-0.25, -0.2) is 9.97 Å². The normalized spacial score (nSPS) is 16.1. The Morgan fingerprint density at radius 1 is 1.28 bits per heavy atom. The SMILES string of the molecule is COc1cc(-n2cnc(Nc3nc(N4CCC[C@H]4CO)c4sccc4n3)c2)cc(C)c1C. The van der Waals surface area contributed by atoms with Crippen LogP contribution in [0.2, 0.25) is 0 Å². The van der Waals surface area contributed by atoms with E-state index in [9.17, 15) is 5.11 Å². The van der Waals surface area contributed by atoms with Crippen LogP contribution in [0.3, 0.4) is 0 Å². The van der Waals surface area contributed by atoms with Crippen molar-refractivity contribution < 1.29 is 9.84 Å². The van der Waals surface area contributed by atoms with Crippen LogP contribution < -0.4 is 15.0 Å². The number of aryl methyl sites for hydroxylation is 1. The van der Waals surface area contributed by atoms with Gasteiger partial charge in [0, 0.05) is 12.6 Å². The number of ether oxygens (including phenoxy) is 1. The van der Waals surface area contributed by atoms with Crippen molar-refractivity contribution in [2.45, 2.75) is 32.7 Å². The van der Waals surface area contributed by atoms with E-state index in [1.807, 2.05) is 28.3 Å². The van der Waals surface area contributed by atoms with Crippen LogP contribution in [-0.2, 0) is 0 Å². The number of fused-ring (bicyclic) bond motifs is 1. The van der Waals surface area contributed by atoms with Crippen molar-refractivity contribution in [1.82, 2.24) is 19.5 Å². The molecule has 0 bridgehead atoms. The molecular weight excluding hydrogens is 424 g/mol. The fourth-order valence-electron chi connectivity index (χ4n) is 4.22. The van der Waals surface area contributed by atoms with Gasteiger partial charge in [0.1, 0.15) is 12.1 Å². The number of benzene rings is 1. The highest BCUT2D eigenvalue weighted by Crippen LogP contribution is 2.34. The van der Waals surface area contributed by atoms with E-state index in [2.05, 4.69) is 40.1 Å². The lowest BCUT2D eigenvalue weighted by Crippen LogP contribution is -2.33. The summed E-state index contributed by atoms with van der Waals surface area (Å²) in [6.45, 7) is 5.14. The average molecular weight is 451 g/mol. The molecule has 2 N–H and O–H groups in total. The van der Waals surface area contributed by atoms with Crippen molar-refractivity contribution in [2.24, 2.45) is 0 Å². The first-order valence-corrected chi connectivity index (χ1v) is 11.5. The predicted octanol–water partition coefficient (Wildman–Crippen LogP) is 4.21. The molecule has 4 aromatic rings. The van der Waals surface area contributed by atoms with Gasteiger partial charge in [0.05, 0.1) is 41.9 Å². The Balaban J connectivity index is 1.46. The predicted molar refractivity (Wildman–Crippen MR) is 128 cm³/mol. The molecular formula is C23H26N6O2S. The first-order chi connectivity index (χ1) is 15.6. The second-order valence-corrected chi connectivity index (χ2v) is 8.98. The summed E-state index contributed by atoms with van der Waals surface area (Å²) < 4.78 is 8.51. The minimum Gasteiger partial charge on any atom is -0.496 e. The fourth-order valence-corrected chi connectivity index (χ4v) is 5.05. The molecule has 0 saturated carbocycles. The van der Waals surface area contributed by atoms with Gasteiger partial charge in [-0.2, -0.15) is 4.98 Å². The van der Waals surface area contributed by atoms with Crippen LogP contribution in [0.15, 0.2) is 36.1 Å². The summed E-state index contributed by atoms with van der Waals surface area (Å²) in [6.07, 6.45) is 5.70. The van der Waals surface area contributed by atoms with Crippen molar-refractivity contribution >= 4 is 39.1 Å². The van der Waals surface area contributed by atoms with Crippen LogP contribution >= 0.6 is 11.3 Å². The van der Waals surface area contributed by atoms with E-state index >= 15 is 0 Å². The number of nitrogens with zero attached hydrogens (tertiary/aromatic N) is 5. The highest BCUT2D eigenvalue weighted by Gasteiger charge is 2.27. The molecule has 32 heavy (non-hydrogen) atoms. The molecule has 9 heteroatoms. The van der Waals surface area contributed by atoms with Gasteiger partial charge in [-0.1, -0.05) is 0 Å². The lowest BCUT2D eigenvalue weighted by molar-refractivity contribution is 0.266. The smallest absolute Gasteiger partial charge is 0.231 e. The first kappa shape index (κ1) is 20.7. The van der Waals surface area contributed by atoms with E-state index in [-0.39, 0.29) is 12.6 Å². The molecule has 1 aliphatic heterocycles. The summed E-state index contributed by atoms with van der Waals surface area (Å²) in [6, 6.07) is 6.21. The molecule has 0 spiro atoms. The van der Waals surface area contributed by atoms with Crippen LogP contribution in [0.5, 0.6) is 5.75 Å². The number of methoxy groups -OCH3 is 1. The molecule has 0 aliphatic carbocycles. The van der Waals surface area contributed by atoms with E-state index in [1.54, 1.807) is 24.8 Å². The topological polar surface area (TPSA) is 88.3 Å². The molecule has 0 radical (unpaired) electrons. The van der Waals surface area contributed by atoms with Crippen LogP contribution in [0.4, 0.5) is 17.6 Å². The Morgan fingerprint density at radius 3 is 2.97 bits per heavy atom. The number of rotatable bonds is 6. The zero-order valence-electron chi connectivity index (χ0n) is 18.4. The highest BCUT2D eigenvalue weighted by atomic mass is 32.1. The summed E-state index contributed by atoms with van der Waals surface area (Å²) in [7, 11) is 1.68. The zero-order chi connectivity index (χ0) is 22.2. The van der Waals surface area contributed by atoms with Crippen molar-refractivity contribution in [1.29, 1.82) is 0 Å². The molecule has 1 aliphatic rings. The summed E-state index contributed by atoms with van der Waals surface area (Å²) in [5.41, 5.74) is 4.15. The number of nitrogens with one attached hydrogen (secondary N) is 1. The maximum atomic E-state index is 9.79. The maximum absolute atomic E-state index is 9.79. The molecule has 166 valence electrons. The number of thiophene rings is 1. The van der Waals surface area contributed by atoms with Crippen LogP contribution in [0.25, 0.3) is 15.9 Å². The Morgan fingerprint density at radius 2 is 2.16 bits per heavy atom. The molecule has 0 unspecified atom stereocenters. The third kappa shape index (κ3) is 3.67. The van der Waals surface area contributed by atoms with E-state index in [0.717, 1.165) is 58.0 Å². The van der Waals surface area contributed by atoms with Gasteiger partial charge in [0.2, 0.25) is 5.95 Å². The molecule has 8 nitrogen and oxygen atoms in total. The van der Waals surface area contributed by atoms with Crippen LogP contribution in [-0.4, -0.2) is 50.9 Å². The second kappa shape index (κ2) is 8.40. The Hall–Kier alpha value is -3.17. The number of aliphatic hydroxyl groups is 1. The van der Waals surface area contributed by atoms with Gasteiger partial charge in [-0.3, -0.25) is 0 Å². The minimum absolute atomic E-state index is 0.0991. The number of aromatic nitrogens is 4. The summed E-state index contributed by atoms with van der Waals surface area (Å²) in [4.78, 5) is 16.2. The van der Waals surface area contributed by atoms with Crippen molar-refractivity contribution in [3.63, 3.8) is 0 Å². The number of anilines is 3. The Kier molecular flexibility index (Phi) is 5.44. The van der Waals surface area contributed by atoms with Gasteiger partial charge < -0.3 is 24.6 Å². The summed E-state index contributed by atoms with van der Waals surface area (Å²) in [5.74, 6) is 2.88. The zero-order valence-corrected chi connectivity index (χ0v) is 19.2. The second-order valence-electron chi connectivity index (χ2n) is 8.06. The molecule has 3 aromatic heterocycles. The van der Waals surface area contributed by atoms with Crippen LogP contribution in [0.1, 0.15) is 24.0 Å². The van der Waals surface area contributed by atoms with Crippen molar-refractivity contribution in [3.05, 3.63) is 47.2 Å². The van der Waals surface area contributed by atoms with Gasteiger partial charge >= 0.3 is 0 Å². The molecule has 1 saturated heterocycles. The third-order valence-electron chi connectivity index (χ3n) is 6.09. The van der Waals surface area contributed by atoms with Crippen molar-refractivity contribution in [3.8, 4) is 11.4 Å². The minimum atomic E-state index is 0.0991. The number of imidazole rings is 1. The van der Waals surface area contributed by atoms with Gasteiger partial charge in [0.15, 0.2) is 11.6 Å². The highest BCUT2D eigenvalue weighted by molar-refractivity contribution is 7.17. The molecule has 5 rings (SSSR count). The van der Waals surface area contributed by atoms with Gasteiger partial charge in [-0.15, -0.1) is 11.3 Å². The molecule has 1 atom stereocenters. The van der Waals surface area contributed by atoms with Gasteiger partial charge in [-0.05, 0) is 55.3 Å². The Bertz CT molecular complexity index is 1270. The van der Waals surface area contributed by atoms with E-state index in [1.165, 1.54) is 0 Å². The first-order valence-electron chi connectivity index (χ1n) is 10.7. The third-order valence-corrected chi connectivity index (χ3v) is 6.99.